The molecule has 2 N–H and O–H groups in total. The third kappa shape index (κ3) is 8.10. The van der Waals surface area contributed by atoms with Gasteiger partial charge in [-0.2, -0.15) is 13.2 Å². The molecule has 27 heavy (non-hydrogen) atoms. The Morgan fingerprint density at radius 1 is 1.33 bits per heavy atom. The van der Waals surface area contributed by atoms with Crippen molar-refractivity contribution < 1.29 is 17.6 Å². The lowest BCUT2D eigenvalue weighted by atomic mass is 10.0. The van der Waals surface area contributed by atoms with E-state index in [4.69, 9.17) is 0 Å². The van der Waals surface area contributed by atoms with Crippen LogP contribution >= 0.6 is 24.0 Å². The van der Waals surface area contributed by atoms with E-state index in [2.05, 4.69) is 20.5 Å². The normalized spacial score (nSPS) is 18.1. The zero-order chi connectivity index (χ0) is 19.2. The summed E-state index contributed by atoms with van der Waals surface area (Å²) < 4.78 is 50.3. The molecule has 1 aliphatic rings. The summed E-state index contributed by atoms with van der Waals surface area (Å²) in [5.41, 5.74) is 1.85. The van der Waals surface area contributed by atoms with E-state index in [0.717, 1.165) is 30.6 Å². The molecule has 1 heterocycles. The van der Waals surface area contributed by atoms with E-state index in [9.17, 15) is 17.6 Å². The van der Waals surface area contributed by atoms with Crippen molar-refractivity contribution in [3.8, 4) is 0 Å². The zero-order valence-electron chi connectivity index (χ0n) is 15.6. The van der Waals surface area contributed by atoms with Crippen LogP contribution in [0.4, 0.5) is 23.2 Å². The summed E-state index contributed by atoms with van der Waals surface area (Å²) in [6.07, 6.45) is -3.30. The van der Waals surface area contributed by atoms with E-state index in [0.29, 0.717) is 19.0 Å². The van der Waals surface area contributed by atoms with Gasteiger partial charge in [0.05, 0.1) is 13.0 Å². The van der Waals surface area contributed by atoms with Crippen LogP contribution < -0.4 is 15.5 Å². The number of aryl methyl sites for hydroxylation is 1. The zero-order valence-corrected chi connectivity index (χ0v) is 17.9. The van der Waals surface area contributed by atoms with Gasteiger partial charge in [0.1, 0.15) is 5.82 Å². The van der Waals surface area contributed by atoms with Gasteiger partial charge in [-0.05, 0) is 50.5 Å². The summed E-state index contributed by atoms with van der Waals surface area (Å²) in [5.74, 6) is 0.142. The molecule has 0 aliphatic carbocycles. The van der Waals surface area contributed by atoms with E-state index < -0.39 is 12.6 Å². The number of nitrogens with one attached hydrogen (secondary N) is 2. The second-order valence-corrected chi connectivity index (χ2v) is 6.49. The Bertz CT molecular complexity index is 622. The molecule has 2 rings (SSSR count). The Kier molecular flexibility index (Phi) is 9.61. The Balaban J connectivity index is 0.00000364. The molecule has 9 heteroatoms. The van der Waals surface area contributed by atoms with Crippen LogP contribution in [0.1, 0.15) is 31.7 Å². The molecule has 1 unspecified atom stereocenters. The minimum atomic E-state index is -4.21. The van der Waals surface area contributed by atoms with Gasteiger partial charge in [-0.1, -0.05) is 0 Å². The van der Waals surface area contributed by atoms with Crippen LogP contribution in [0.5, 0.6) is 0 Å². The highest BCUT2D eigenvalue weighted by Crippen LogP contribution is 2.24. The van der Waals surface area contributed by atoms with Gasteiger partial charge < -0.3 is 15.5 Å². The molecule has 0 bridgehead atoms. The quantitative estimate of drug-likeness (QED) is 0.274. The number of nitrogens with zero attached hydrogens (tertiary/aromatic N) is 2. The van der Waals surface area contributed by atoms with Crippen molar-refractivity contribution in [3.05, 3.63) is 29.6 Å². The van der Waals surface area contributed by atoms with E-state index in [1.165, 1.54) is 12.1 Å². The van der Waals surface area contributed by atoms with Gasteiger partial charge in [-0.15, -0.1) is 24.0 Å². The van der Waals surface area contributed by atoms with Crippen molar-refractivity contribution in [2.24, 2.45) is 4.99 Å². The van der Waals surface area contributed by atoms with Gasteiger partial charge in [-0.25, -0.2) is 4.39 Å². The minimum Gasteiger partial charge on any atom is -0.369 e. The fraction of sp³-hybridized carbons (Fsp3) is 0.611. The van der Waals surface area contributed by atoms with Gasteiger partial charge in [0.2, 0.25) is 0 Å². The average molecular weight is 502 g/mol. The molecule has 0 saturated carbocycles. The fourth-order valence-corrected chi connectivity index (χ4v) is 3.10. The number of guanidine groups is 1. The lowest BCUT2D eigenvalue weighted by molar-refractivity contribution is -0.132. The smallest absolute Gasteiger partial charge is 0.369 e. The number of hydrogen-bond acceptors (Lipinski definition) is 2. The molecule has 154 valence electrons. The second-order valence-electron chi connectivity index (χ2n) is 6.49. The lowest BCUT2D eigenvalue weighted by Gasteiger charge is -2.36. The summed E-state index contributed by atoms with van der Waals surface area (Å²) in [6.45, 7) is 5.58. The molecule has 0 radical (unpaired) electrons. The Hall–Kier alpha value is -1.26. The third-order valence-electron chi connectivity index (χ3n) is 4.27. The minimum absolute atomic E-state index is 0. The predicted molar refractivity (Wildman–Crippen MR) is 112 cm³/mol. The number of halogens is 5. The second kappa shape index (κ2) is 10.9. The van der Waals surface area contributed by atoms with Gasteiger partial charge in [-0.3, -0.25) is 4.99 Å². The van der Waals surface area contributed by atoms with Crippen LogP contribution in [-0.2, 0) is 0 Å². The molecule has 1 atom stereocenters. The first-order chi connectivity index (χ1) is 12.3. The molecule has 1 aromatic rings. The lowest BCUT2D eigenvalue weighted by Crippen LogP contribution is -2.51. The van der Waals surface area contributed by atoms with Crippen molar-refractivity contribution in [1.82, 2.24) is 10.6 Å². The van der Waals surface area contributed by atoms with Crippen molar-refractivity contribution in [2.75, 3.05) is 31.1 Å². The molecule has 0 aromatic heterocycles. The van der Waals surface area contributed by atoms with Gasteiger partial charge in [0, 0.05) is 31.4 Å². The van der Waals surface area contributed by atoms with Crippen LogP contribution in [0.25, 0.3) is 0 Å². The van der Waals surface area contributed by atoms with Gasteiger partial charge in [0.25, 0.3) is 0 Å². The highest BCUT2D eigenvalue weighted by molar-refractivity contribution is 14.0. The maximum Gasteiger partial charge on any atom is 0.390 e. The molecule has 1 saturated heterocycles. The van der Waals surface area contributed by atoms with E-state index in [-0.39, 0.29) is 42.4 Å². The highest BCUT2D eigenvalue weighted by Gasteiger charge is 2.26. The van der Waals surface area contributed by atoms with Crippen molar-refractivity contribution in [3.63, 3.8) is 0 Å². The molecular formula is C18H27F4IN4. The third-order valence-corrected chi connectivity index (χ3v) is 4.27. The van der Waals surface area contributed by atoms with Crippen LogP contribution in [0.2, 0.25) is 0 Å². The van der Waals surface area contributed by atoms with Crippen molar-refractivity contribution in [1.29, 1.82) is 0 Å². The topological polar surface area (TPSA) is 39.7 Å². The fourth-order valence-electron chi connectivity index (χ4n) is 3.10. The number of piperidine rings is 1. The average Bonchev–Trinajstić information content (AvgIpc) is 2.54. The SMILES string of the molecule is CCNC(=NCCC(F)(F)F)NC1CCCN(c2ccc(F)cc2C)C1.I. The summed E-state index contributed by atoms with van der Waals surface area (Å²) >= 11 is 0. The number of hydrogen-bond donors (Lipinski definition) is 2. The number of rotatable bonds is 5. The monoisotopic (exact) mass is 502 g/mol. The number of alkyl halides is 3. The Morgan fingerprint density at radius 2 is 2.07 bits per heavy atom. The molecule has 0 spiro atoms. The summed E-state index contributed by atoms with van der Waals surface area (Å²) in [6, 6.07) is 4.80. The summed E-state index contributed by atoms with van der Waals surface area (Å²) in [4.78, 5) is 6.20. The van der Waals surface area contributed by atoms with Crippen LogP contribution in [0.15, 0.2) is 23.2 Å². The maximum atomic E-state index is 13.3. The molecule has 4 nitrogen and oxygen atoms in total. The first-order valence-corrected chi connectivity index (χ1v) is 8.91. The predicted octanol–water partition coefficient (Wildman–Crippen LogP) is 4.23. The standard InChI is InChI=1S/C18H26F4N4.HI/c1-3-23-17(24-9-8-18(20,21)22)25-15-5-4-10-26(12-15)16-7-6-14(19)11-13(16)2;/h6-7,11,15H,3-5,8-10,12H2,1-2H3,(H2,23,24,25);1H. The van der Waals surface area contributed by atoms with E-state index in [1.54, 1.807) is 6.07 Å². The first kappa shape index (κ1) is 23.8. The summed E-state index contributed by atoms with van der Waals surface area (Å²) in [7, 11) is 0. The molecule has 0 amide bonds. The molecule has 1 fully saturated rings. The van der Waals surface area contributed by atoms with Crippen LogP contribution in [0.3, 0.4) is 0 Å². The van der Waals surface area contributed by atoms with E-state index >= 15 is 0 Å². The number of anilines is 1. The van der Waals surface area contributed by atoms with E-state index in [1.807, 2.05) is 13.8 Å². The Morgan fingerprint density at radius 3 is 2.70 bits per heavy atom. The molecule has 1 aromatic carbocycles. The van der Waals surface area contributed by atoms with Crippen LogP contribution in [0, 0.1) is 12.7 Å². The summed E-state index contributed by atoms with van der Waals surface area (Å²) in [5, 5.41) is 6.22. The number of aliphatic imine (C=N–C) groups is 1. The van der Waals surface area contributed by atoms with Crippen molar-refractivity contribution >= 4 is 35.6 Å². The van der Waals surface area contributed by atoms with Crippen LogP contribution in [-0.4, -0.2) is 44.4 Å². The van der Waals surface area contributed by atoms with Gasteiger partial charge >= 0.3 is 6.18 Å². The largest absolute Gasteiger partial charge is 0.390 e. The Labute approximate surface area is 174 Å². The molecular weight excluding hydrogens is 475 g/mol. The maximum absolute atomic E-state index is 13.3. The first-order valence-electron chi connectivity index (χ1n) is 8.91. The highest BCUT2D eigenvalue weighted by atomic mass is 127. The number of benzene rings is 1. The van der Waals surface area contributed by atoms with Gasteiger partial charge in [0.15, 0.2) is 5.96 Å². The molecule has 1 aliphatic heterocycles. The van der Waals surface area contributed by atoms with Crippen molar-refractivity contribution in [2.45, 2.75) is 45.3 Å².